The van der Waals surface area contributed by atoms with Gasteiger partial charge in [-0.2, -0.15) is 0 Å². The number of carbonyl (C=O) groups is 1. The first kappa shape index (κ1) is 13.7. The van der Waals surface area contributed by atoms with Crippen LogP contribution in [0.5, 0.6) is 0 Å². The van der Waals surface area contributed by atoms with Crippen LogP contribution in [0.4, 0.5) is 0 Å². The maximum Gasteiger partial charge on any atom is 0.162 e. The topological polar surface area (TPSA) is 66.0 Å². The third-order valence-corrected chi connectivity index (χ3v) is 3.14. The molecule has 0 saturated heterocycles. The molecule has 0 spiro atoms. The molecule has 0 unspecified atom stereocenters. The molecule has 0 aliphatic heterocycles. The minimum atomic E-state index is -1.01. The summed E-state index contributed by atoms with van der Waals surface area (Å²) < 4.78 is 0. The fourth-order valence-corrected chi connectivity index (χ4v) is 1.95. The van der Waals surface area contributed by atoms with Gasteiger partial charge in [0.25, 0.3) is 0 Å². The molecule has 19 heavy (non-hydrogen) atoms. The van der Waals surface area contributed by atoms with Gasteiger partial charge in [-0.15, -0.1) is 0 Å². The Balaban J connectivity index is 2.33. The Hall–Kier alpha value is -1.68. The number of aromatic amines is 1. The number of rotatable bonds is 5. The van der Waals surface area contributed by atoms with Crippen molar-refractivity contribution in [3.63, 3.8) is 0 Å². The van der Waals surface area contributed by atoms with Crippen molar-refractivity contribution in [3.05, 3.63) is 29.6 Å². The number of benzene rings is 1. The van der Waals surface area contributed by atoms with E-state index in [1.807, 2.05) is 12.1 Å². The van der Waals surface area contributed by atoms with Gasteiger partial charge in [-0.25, -0.2) is 4.98 Å². The molecule has 2 aromatic rings. The van der Waals surface area contributed by atoms with Gasteiger partial charge in [0.1, 0.15) is 11.4 Å². The predicted molar refractivity (Wildman–Crippen MR) is 75.2 cm³/mol. The van der Waals surface area contributed by atoms with Crippen LogP contribution in [0.2, 0.25) is 0 Å². The number of H-pyrrole nitrogens is 1. The number of fused-ring (bicyclic) bond motifs is 1. The van der Waals surface area contributed by atoms with Crippen molar-refractivity contribution in [3.8, 4) is 0 Å². The van der Waals surface area contributed by atoms with Crippen molar-refractivity contribution in [1.82, 2.24) is 9.97 Å². The fourth-order valence-electron chi connectivity index (χ4n) is 1.95. The monoisotopic (exact) mass is 260 g/mol. The molecular formula is C15H20N2O2. The Labute approximate surface area is 112 Å². The molecule has 1 aromatic carbocycles. The first-order valence-electron chi connectivity index (χ1n) is 6.67. The molecule has 0 atom stereocenters. The number of hydrogen-bond acceptors (Lipinski definition) is 3. The van der Waals surface area contributed by atoms with Crippen molar-refractivity contribution in [2.45, 2.75) is 45.6 Å². The van der Waals surface area contributed by atoms with Crippen LogP contribution in [0.1, 0.15) is 56.2 Å². The molecule has 0 saturated carbocycles. The van der Waals surface area contributed by atoms with Gasteiger partial charge in [-0.1, -0.05) is 13.3 Å². The summed E-state index contributed by atoms with van der Waals surface area (Å²) in [6.07, 6.45) is 2.50. The molecule has 0 radical (unpaired) electrons. The van der Waals surface area contributed by atoms with Crippen LogP contribution in [-0.4, -0.2) is 20.9 Å². The molecule has 0 fully saturated rings. The number of nitrogens with zero attached hydrogens (tertiary/aromatic N) is 1. The van der Waals surface area contributed by atoms with Crippen molar-refractivity contribution < 1.29 is 9.90 Å². The summed E-state index contributed by atoms with van der Waals surface area (Å²) in [6.45, 7) is 5.43. The van der Waals surface area contributed by atoms with E-state index in [1.54, 1.807) is 19.9 Å². The van der Waals surface area contributed by atoms with Gasteiger partial charge >= 0.3 is 0 Å². The zero-order chi connectivity index (χ0) is 14.0. The van der Waals surface area contributed by atoms with Crippen LogP contribution in [-0.2, 0) is 5.60 Å². The van der Waals surface area contributed by atoms with E-state index in [1.165, 1.54) is 0 Å². The molecule has 1 aromatic heterocycles. The second kappa shape index (κ2) is 5.13. The van der Waals surface area contributed by atoms with Crippen molar-refractivity contribution in [2.24, 2.45) is 0 Å². The average Bonchev–Trinajstić information content (AvgIpc) is 2.78. The molecule has 0 bridgehead atoms. The normalized spacial score (nSPS) is 12.0. The van der Waals surface area contributed by atoms with E-state index in [0.29, 0.717) is 17.8 Å². The lowest BCUT2D eigenvalue weighted by molar-refractivity contribution is 0.0700. The van der Waals surface area contributed by atoms with Gasteiger partial charge in [0.2, 0.25) is 0 Å². The summed E-state index contributed by atoms with van der Waals surface area (Å²) in [5.41, 5.74) is 1.25. The van der Waals surface area contributed by atoms with Crippen LogP contribution in [0.3, 0.4) is 0 Å². The molecule has 4 nitrogen and oxygen atoms in total. The number of hydrogen-bond donors (Lipinski definition) is 2. The summed E-state index contributed by atoms with van der Waals surface area (Å²) >= 11 is 0. The lowest BCUT2D eigenvalue weighted by atomic mass is 10.1. The maximum absolute atomic E-state index is 12.0. The summed E-state index contributed by atoms with van der Waals surface area (Å²) in [4.78, 5) is 19.4. The Bertz CT molecular complexity index is 594. The fraction of sp³-hybridized carbons (Fsp3) is 0.467. The highest BCUT2D eigenvalue weighted by molar-refractivity contribution is 5.98. The van der Waals surface area contributed by atoms with Gasteiger partial charge < -0.3 is 10.1 Å². The van der Waals surface area contributed by atoms with Crippen LogP contribution in [0, 0.1) is 0 Å². The highest BCUT2D eigenvalue weighted by Crippen LogP contribution is 2.21. The standard InChI is InChI=1S/C15H20N2O2/c1-4-5-6-13(18)10-7-8-11-12(9-10)17-14(16-11)15(2,3)19/h7-9,19H,4-6H2,1-3H3,(H,16,17). The second-order valence-corrected chi connectivity index (χ2v) is 5.40. The van der Waals surface area contributed by atoms with Gasteiger partial charge in [-0.3, -0.25) is 4.79 Å². The number of nitrogens with one attached hydrogen (secondary N) is 1. The van der Waals surface area contributed by atoms with E-state index >= 15 is 0 Å². The zero-order valence-electron chi connectivity index (χ0n) is 11.7. The molecule has 1 heterocycles. The Morgan fingerprint density at radius 3 is 2.79 bits per heavy atom. The van der Waals surface area contributed by atoms with Crippen LogP contribution < -0.4 is 0 Å². The lowest BCUT2D eigenvalue weighted by Gasteiger charge is -2.12. The minimum absolute atomic E-state index is 0.156. The second-order valence-electron chi connectivity index (χ2n) is 5.40. The molecule has 102 valence electrons. The van der Waals surface area contributed by atoms with Crippen molar-refractivity contribution in [2.75, 3.05) is 0 Å². The minimum Gasteiger partial charge on any atom is -0.383 e. The molecule has 4 heteroatoms. The molecule has 2 rings (SSSR count). The van der Waals surface area contributed by atoms with E-state index < -0.39 is 5.60 Å². The summed E-state index contributed by atoms with van der Waals surface area (Å²) in [5.74, 6) is 0.670. The highest BCUT2D eigenvalue weighted by atomic mass is 16.3. The Morgan fingerprint density at radius 1 is 1.42 bits per heavy atom. The number of carbonyl (C=O) groups excluding carboxylic acids is 1. The van der Waals surface area contributed by atoms with E-state index in [4.69, 9.17) is 0 Å². The van der Waals surface area contributed by atoms with E-state index in [2.05, 4.69) is 16.9 Å². The van der Waals surface area contributed by atoms with Gasteiger partial charge in [0.05, 0.1) is 11.0 Å². The predicted octanol–water partition coefficient (Wildman–Crippen LogP) is 3.16. The van der Waals surface area contributed by atoms with Gasteiger partial charge in [0, 0.05) is 12.0 Å². The number of ketones is 1. The highest BCUT2D eigenvalue weighted by Gasteiger charge is 2.20. The quantitative estimate of drug-likeness (QED) is 0.811. The molecular weight excluding hydrogens is 240 g/mol. The molecule has 2 N–H and O–H groups in total. The molecule has 0 amide bonds. The smallest absolute Gasteiger partial charge is 0.162 e. The first-order valence-corrected chi connectivity index (χ1v) is 6.67. The van der Waals surface area contributed by atoms with Gasteiger partial charge in [0.15, 0.2) is 5.78 Å². The largest absolute Gasteiger partial charge is 0.383 e. The zero-order valence-corrected chi connectivity index (χ0v) is 11.7. The third-order valence-electron chi connectivity index (χ3n) is 3.14. The Morgan fingerprint density at radius 2 is 2.16 bits per heavy atom. The van der Waals surface area contributed by atoms with E-state index in [9.17, 15) is 9.90 Å². The number of Topliss-reactive ketones (excluding diaryl/α,β-unsaturated/α-hetero) is 1. The third kappa shape index (κ3) is 3.01. The molecule has 0 aliphatic rings. The maximum atomic E-state index is 12.0. The molecule has 0 aliphatic carbocycles. The number of aromatic nitrogens is 2. The summed E-state index contributed by atoms with van der Waals surface area (Å²) in [6, 6.07) is 5.44. The van der Waals surface area contributed by atoms with E-state index in [-0.39, 0.29) is 5.78 Å². The number of unbranched alkanes of at least 4 members (excludes halogenated alkanes) is 1. The summed E-state index contributed by atoms with van der Waals surface area (Å²) in [7, 11) is 0. The van der Waals surface area contributed by atoms with Crippen molar-refractivity contribution >= 4 is 16.8 Å². The summed E-state index contributed by atoms with van der Waals surface area (Å²) in [5, 5.41) is 9.92. The van der Waals surface area contributed by atoms with E-state index in [0.717, 1.165) is 23.9 Å². The first-order chi connectivity index (χ1) is 8.91. The van der Waals surface area contributed by atoms with Crippen LogP contribution in [0.25, 0.3) is 11.0 Å². The number of aliphatic hydroxyl groups is 1. The van der Waals surface area contributed by atoms with Crippen molar-refractivity contribution in [1.29, 1.82) is 0 Å². The van der Waals surface area contributed by atoms with Gasteiger partial charge in [-0.05, 0) is 38.5 Å². The van der Waals surface area contributed by atoms with Crippen LogP contribution in [0.15, 0.2) is 18.2 Å². The SMILES string of the molecule is CCCCC(=O)c1ccc2nc(C(C)(C)O)[nH]c2c1. The lowest BCUT2D eigenvalue weighted by Crippen LogP contribution is -2.17. The average molecular weight is 260 g/mol. The van der Waals surface area contributed by atoms with Crippen LogP contribution >= 0.6 is 0 Å². The number of imidazole rings is 1. The Kier molecular flexibility index (Phi) is 3.71.